The minimum Gasteiger partial charge on any atom is -0.419 e. The standard InChI is InChI=1S/C17H20N2O5/c1-11-4-2-6-14(15(11)19(22)23)24-17(21)13-5-3-9-18(10-13)16(20)12-7-8-12/h2,4,6,12-13H,3,5,7-10H2,1H3/t13-/m0/s1. The molecule has 0 unspecified atom stereocenters. The van der Waals surface area contributed by atoms with Crippen LogP contribution in [0.15, 0.2) is 18.2 Å². The Morgan fingerprint density at radius 1 is 1.25 bits per heavy atom. The molecule has 1 aliphatic carbocycles. The molecular formula is C17H20N2O5. The van der Waals surface area contributed by atoms with E-state index in [-0.39, 0.29) is 23.3 Å². The van der Waals surface area contributed by atoms with E-state index in [0.29, 0.717) is 25.1 Å². The molecule has 0 aromatic heterocycles. The zero-order valence-electron chi connectivity index (χ0n) is 13.6. The summed E-state index contributed by atoms with van der Waals surface area (Å²) in [5, 5.41) is 11.2. The third kappa shape index (κ3) is 3.39. The molecule has 0 bridgehead atoms. The Morgan fingerprint density at radius 2 is 2.00 bits per heavy atom. The molecule has 1 aromatic rings. The van der Waals surface area contributed by atoms with E-state index in [0.717, 1.165) is 19.3 Å². The highest BCUT2D eigenvalue weighted by molar-refractivity contribution is 5.83. The van der Waals surface area contributed by atoms with E-state index in [1.54, 1.807) is 24.0 Å². The Labute approximate surface area is 139 Å². The lowest BCUT2D eigenvalue weighted by Gasteiger charge is -2.31. The maximum atomic E-state index is 12.4. The van der Waals surface area contributed by atoms with Gasteiger partial charge in [0.05, 0.1) is 10.8 Å². The minimum atomic E-state index is -0.540. The number of carbonyl (C=O) groups excluding carboxylic acids is 2. The van der Waals surface area contributed by atoms with Gasteiger partial charge in [0.25, 0.3) is 0 Å². The molecule has 1 heterocycles. The lowest BCUT2D eigenvalue weighted by Crippen LogP contribution is -2.44. The molecule has 0 radical (unpaired) electrons. The number of hydrogen-bond acceptors (Lipinski definition) is 5. The van der Waals surface area contributed by atoms with Gasteiger partial charge >= 0.3 is 11.7 Å². The predicted molar refractivity (Wildman–Crippen MR) is 85.5 cm³/mol. The van der Waals surface area contributed by atoms with Crippen LogP contribution in [0.2, 0.25) is 0 Å². The normalized spacial score (nSPS) is 20.5. The second-order valence-electron chi connectivity index (χ2n) is 6.50. The molecule has 1 atom stereocenters. The fraction of sp³-hybridized carbons (Fsp3) is 0.529. The van der Waals surface area contributed by atoms with Gasteiger partial charge in [0.2, 0.25) is 11.7 Å². The van der Waals surface area contributed by atoms with Gasteiger partial charge in [-0.2, -0.15) is 0 Å². The van der Waals surface area contributed by atoms with Crippen LogP contribution < -0.4 is 4.74 Å². The number of nitrogens with zero attached hydrogens (tertiary/aromatic N) is 2. The summed E-state index contributed by atoms with van der Waals surface area (Å²) in [6.07, 6.45) is 3.24. The number of benzene rings is 1. The van der Waals surface area contributed by atoms with Crippen LogP contribution in [0.4, 0.5) is 5.69 Å². The van der Waals surface area contributed by atoms with Gasteiger partial charge in [0.15, 0.2) is 0 Å². The summed E-state index contributed by atoms with van der Waals surface area (Å²) in [6, 6.07) is 4.65. The number of nitro groups is 1. The first-order valence-corrected chi connectivity index (χ1v) is 8.22. The molecule has 1 amide bonds. The predicted octanol–water partition coefficient (Wildman–Crippen LogP) is 2.46. The molecular weight excluding hydrogens is 312 g/mol. The first-order chi connectivity index (χ1) is 11.5. The van der Waals surface area contributed by atoms with Crippen molar-refractivity contribution in [2.45, 2.75) is 32.6 Å². The summed E-state index contributed by atoms with van der Waals surface area (Å²) in [7, 11) is 0. The van der Waals surface area contributed by atoms with Crippen LogP contribution in [0.25, 0.3) is 0 Å². The van der Waals surface area contributed by atoms with Crippen molar-refractivity contribution < 1.29 is 19.2 Å². The van der Waals surface area contributed by atoms with Crippen LogP contribution in [0.5, 0.6) is 5.75 Å². The van der Waals surface area contributed by atoms with E-state index >= 15 is 0 Å². The van der Waals surface area contributed by atoms with Crippen molar-refractivity contribution in [3.63, 3.8) is 0 Å². The number of aryl methyl sites for hydroxylation is 1. The molecule has 0 spiro atoms. The van der Waals surface area contributed by atoms with E-state index < -0.39 is 16.8 Å². The average Bonchev–Trinajstić information content (AvgIpc) is 3.39. The number of rotatable bonds is 4. The molecule has 1 aromatic carbocycles. The smallest absolute Gasteiger partial charge is 0.316 e. The van der Waals surface area contributed by atoms with Gasteiger partial charge in [0.1, 0.15) is 0 Å². The third-order valence-electron chi connectivity index (χ3n) is 4.59. The van der Waals surface area contributed by atoms with Crippen LogP contribution in [0.1, 0.15) is 31.2 Å². The number of para-hydroxylation sites is 1. The van der Waals surface area contributed by atoms with Crippen LogP contribution >= 0.6 is 0 Å². The second-order valence-corrected chi connectivity index (χ2v) is 6.50. The fourth-order valence-corrected chi connectivity index (χ4v) is 3.10. The molecule has 3 rings (SSSR count). The molecule has 128 valence electrons. The van der Waals surface area contributed by atoms with Crippen molar-refractivity contribution in [2.24, 2.45) is 11.8 Å². The van der Waals surface area contributed by atoms with Crippen LogP contribution in [0.3, 0.4) is 0 Å². The topological polar surface area (TPSA) is 89.8 Å². The van der Waals surface area contributed by atoms with Gasteiger partial charge in [-0.3, -0.25) is 19.7 Å². The molecule has 7 nitrogen and oxygen atoms in total. The number of nitro benzene ring substituents is 1. The van der Waals surface area contributed by atoms with Crippen molar-refractivity contribution in [3.05, 3.63) is 33.9 Å². The number of esters is 1. The highest BCUT2D eigenvalue weighted by Gasteiger charge is 2.37. The highest BCUT2D eigenvalue weighted by Crippen LogP contribution is 2.34. The summed E-state index contributed by atoms with van der Waals surface area (Å²) >= 11 is 0. The average molecular weight is 332 g/mol. The maximum Gasteiger partial charge on any atom is 0.316 e. The van der Waals surface area contributed by atoms with Gasteiger partial charge in [-0.05, 0) is 38.7 Å². The highest BCUT2D eigenvalue weighted by atomic mass is 16.6. The Hall–Kier alpha value is -2.44. The molecule has 1 saturated heterocycles. The van der Waals surface area contributed by atoms with Crippen molar-refractivity contribution >= 4 is 17.6 Å². The maximum absolute atomic E-state index is 12.4. The summed E-state index contributed by atoms with van der Waals surface area (Å²) in [5.74, 6) is -0.721. The largest absolute Gasteiger partial charge is 0.419 e. The molecule has 24 heavy (non-hydrogen) atoms. The Bertz CT molecular complexity index is 684. The summed E-state index contributed by atoms with van der Waals surface area (Å²) in [6.45, 7) is 2.61. The summed E-state index contributed by atoms with van der Waals surface area (Å²) in [5.41, 5.74) is 0.257. The van der Waals surface area contributed by atoms with Gasteiger partial charge in [-0.1, -0.05) is 12.1 Å². The Balaban J connectivity index is 1.69. The SMILES string of the molecule is Cc1cccc(OC(=O)[C@H]2CCCN(C(=O)C3CC3)C2)c1[N+](=O)[O-]. The van der Waals surface area contributed by atoms with E-state index in [9.17, 15) is 19.7 Å². The lowest BCUT2D eigenvalue weighted by atomic mass is 9.98. The number of carbonyl (C=O) groups is 2. The van der Waals surface area contributed by atoms with Crippen LogP contribution in [-0.4, -0.2) is 34.8 Å². The zero-order valence-corrected chi connectivity index (χ0v) is 13.6. The van der Waals surface area contributed by atoms with E-state index in [1.165, 1.54) is 6.07 Å². The fourth-order valence-electron chi connectivity index (χ4n) is 3.10. The monoisotopic (exact) mass is 332 g/mol. The minimum absolute atomic E-state index is 0.0318. The van der Waals surface area contributed by atoms with E-state index in [1.807, 2.05) is 0 Å². The molecule has 1 aliphatic heterocycles. The quantitative estimate of drug-likeness (QED) is 0.366. The second kappa shape index (κ2) is 6.59. The first kappa shape index (κ1) is 16.4. The molecule has 2 aliphatic rings. The number of likely N-dealkylation sites (tertiary alicyclic amines) is 1. The van der Waals surface area contributed by atoms with Crippen molar-refractivity contribution in [2.75, 3.05) is 13.1 Å². The molecule has 2 fully saturated rings. The Kier molecular flexibility index (Phi) is 4.51. The molecule has 0 N–H and O–H groups in total. The van der Waals surface area contributed by atoms with Crippen LogP contribution in [0, 0.1) is 28.9 Å². The van der Waals surface area contributed by atoms with E-state index in [4.69, 9.17) is 4.74 Å². The van der Waals surface area contributed by atoms with Crippen molar-refractivity contribution in [1.82, 2.24) is 4.90 Å². The van der Waals surface area contributed by atoms with Gasteiger partial charge < -0.3 is 9.64 Å². The zero-order chi connectivity index (χ0) is 17.3. The number of ether oxygens (including phenoxy) is 1. The first-order valence-electron chi connectivity index (χ1n) is 8.22. The van der Waals surface area contributed by atoms with E-state index in [2.05, 4.69) is 0 Å². The number of piperidine rings is 1. The third-order valence-corrected chi connectivity index (χ3v) is 4.59. The lowest BCUT2D eigenvalue weighted by molar-refractivity contribution is -0.386. The van der Waals surface area contributed by atoms with Gasteiger partial charge in [-0.15, -0.1) is 0 Å². The number of hydrogen-bond donors (Lipinski definition) is 0. The summed E-state index contributed by atoms with van der Waals surface area (Å²) in [4.78, 5) is 37.0. The summed E-state index contributed by atoms with van der Waals surface area (Å²) < 4.78 is 5.31. The van der Waals surface area contributed by atoms with Crippen molar-refractivity contribution in [3.8, 4) is 5.75 Å². The Morgan fingerprint density at radius 3 is 2.67 bits per heavy atom. The van der Waals surface area contributed by atoms with Crippen molar-refractivity contribution in [1.29, 1.82) is 0 Å². The van der Waals surface area contributed by atoms with Gasteiger partial charge in [-0.25, -0.2) is 0 Å². The van der Waals surface area contributed by atoms with Crippen LogP contribution in [-0.2, 0) is 9.59 Å². The van der Waals surface area contributed by atoms with Gasteiger partial charge in [0, 0.05) is 24.6 Å². The number of amides is 1. The molecule has 7 heteroatoms. The molecule has 1 saturated carbocycles.